The van der Waals surface area contributed by atoms with E-state index in [2.05, 4.69) is 17.2 Å². The molecule has 0 saturated heterocycles. The van der Waals surface area contributed by atoms with E-state index in [-0.39, 0.29) is 11.9 Å². The predicted molar refractivity (Wildman–Crippen MR) is 124 cm³/mol. The monoisotopic (exact) mass is 444 g/mol. The highest BCUT2D eigenvalue weighted by Gasteiger charge is 2.48. The van der Waals surface area contributed by atoms with Gasteiger partial charge in [0.25, 0.3) is 0 Å². The van der Waals surface area contributed by atoms with Crippen LogP contribution in [0.4, 0.5) is 0 Å². The number of amides is 1. The molecule has 3 aromatic rings. The van der Waals surface area contributed by atoms with Gasteiger partial charge in [0.1, 0.15) is 5.54 Å². The second kappa shape index (κ2) is 7.61. The zero-order chi connectivity index (χ0) is 22.5. The van der Waals surface area contributed by atoms with Crippen molar-refractivity contribution in [2.24, 2.45) is 16.6 Å². The van der Waals surface area contributed by atoms with Crippen molar-refractivity contribution in [3.63, 3.8) is 0 Å². The Morgan fingerprint density at radius 3 is 2.88 bits per heavy atom. The summed E-state index contributed by atoms with van der Waals surface area (Å²) in [6, 6.07) is 11.7. The summed E-state index contributed by atoms with van der Waals surface area (Å²) in [4.78, 5) is 20.6. The number of hydrogen-bond donors (Lipinski definition) is 1. The minimum absolute atomic E-state index is 0.0904. The van der Waals surface area contributed by atoms with E-state index in [4.69, 9.17) is 10.7 Å². The van der Waals surface area contributed by atoms with Crippen LogP contribution in [0.3, 0.4) is 0 Å². The van der Waals surface area contributed by atoms with Gasteiger partial charge in [-0.15, -0.1) is 11.3 Å². The lowest BCUT2D eigenvalue weighted by Crippen LogP contribution is -2.52. The lowest BCUT2D eigenvalue weighted by Gasteiger charge is -2.39. The normalized spacial score (nSPS) is 23.2. The van der Waals surface area contributed by atoms with Crippen molar-refractivity contribution >= 4 is 23.2 Å². The summed E-state index contributed by atoms with van der Waals surface area (Å²) < 4.78 is 1.94. The average Bonchev–Trinajstić information content (AvgIpc) is 3.25. The number of carbonyl (C=O) groups excluding carboxylic acids is 1. The second-order valence-electron chi connectivity index (χ2n) is 8.78. The van der Waals surface area contributed by atoms with Crippen molar-refractivity contribution in [1.82, 2.24) is 14.7 Å². The Hall–Kier alpha value is -3.44. The molecule has 2 aliphatic rings. The molecule has 2 aromatic heterocycles. The second-order valence-corrected chi connectivity index (χ2v) is 9.69. The summed E-state index contributed by atoms with van der Waals surface area (Å²) in [5.74, 6) is 0.286. The molecule has 2 N–H and O–H groups in total. The summed E-state index contributed by atoms with van der Waals surface area (Å²) in [6.07, 6.45) is 6.25. The molecule has 0 radical (unpaired) electrons. The largest absolute Gasteiger partial charge is 0.369 e. The molecule has 0 spiro atoms. The van der Waals surface area contributed by atoms with Crippen molar-refractivity contribution in [3.05, 3.63) is 64.1 Å². The van der Waals surface area contributed by atoms with E-state index in [0.29, 0.717) is 11.5 Å². The van der Waals surface area contributed by atoms with Gasteiger partial charge in [-0.3, -0.25) is 14.4 Å². The summed E-state index contributed by atoms with van der Waals surface area (Å²) in [5, 5.41) is 15.8. The van der Waals surface area contributed by atoms with Crippen LogP contribution in [0.25, 0.3) is 11.1 Å². The number of aromatic nitrogens is 2. The van der Waals surface area contributed by atoms with E-state index >= 15 is 0 Å². The first kappa shape index (κ1) is 20.5. The summed E-state index contributed by atoms with van der Waals surface area (Å²) in [6.45, 7) is 2.85. The van der Waals surface area contributed by atoms with Gasteiger partial charge >= 0.3 is 0 Å². The zero-order valence-corrected chi connectivity index (χ0v) is 18.8. The van der Waals surface area contributed by atoms with Gasteiger partial charge in [-0.2, -0.15) is 10.4 Å². The van der Waals surface area contributed by atoms with Gasteiger partial charge in [0, 0.05) is 30.2 Å². The number of likely N-dealkylation sites (N-methyl/N-ethyl adjacent to an activating group) is 1. The number of hydrogen-bond acceptors (Lipinski definition) is 6. The van der Waals surface area contributed by atoms with Gasteiger partial charge in [0.05, 0.1) is 23.7 Å². The van der Waals surface area contributed by atoms with Crippen molar-refractivity contribution in [1.29, 1.82) is 5.26 Å². The number of carbonyl (C=O) groups is 1. The topological polar surface area (TPSA) is 100 Å². The Kier molecular flexibility index (Phi) is 4.86. The maximum absolute atomic E-state index is 13.4. The Balaban J connectivity index is 1.56. The lowest BCUT2D eigenvalue weighted by atomic mass is 9.78. The van der Waals surface area contributed by atoms with Crippen LogP contribution in [0.1, 0.15) is 41.7 Å². The SMILES string of the molecule is CN1C(=O)[C@@H](c2cnn(CC3CC3)c2)[C@@](C)(c2cc(-c3cccc(C#N)c3)cs2)N=C1N. The first-order valence-corrected chi connectivity index (χ1v) is 11.5. The molecule has 1 amide bonds. The van der Waals surface area contributed by atoms with Gasteiger partial charge in [0.15, 0.2) is 5.96 Å². The minimum atomic E-state index is -0.850. The van der Waals surface area contributed by atoms with Crippen LogP contribution >= 0.6 is 11.3 Å². The Labute approximate surface area is 190 Å². The molecule has 162 valence electrons. The summed E-state index contributed by atoms with van der Waals surface area (Å²) in [7, 11) is 1.66. The first-order chi connectivity index (χ1) is 15.4. The van der Waals surface area contributed by atoms with Crippen molar-refractivity contribution in [3.8, 4) is 17.2 Å². The van der Waals surface area contributed by atoms with Gasteiger partial charge in [-0.05, 0) is 60.4 Å². The lowest BCUT2D eigenvalue weighted by molar-refractivity contribution is -0.130. The predicted octanol–water partition coefficient (Wildman–Crippen LogP) is 3.68. The van der Waals surface area contributed by atoms with Crippen molar-refractivity contribution in [2.75, 3.05) is 7.05 Å². The number of nitrogens with zero attached hydrogens (tertiary/aromatic N) is 5. The molecular formula is C24H24N6OS. The number of aliphatic imine (C=N–C) groups is 1. The molecule has 2 atom stereocenters. The molecule has 3 heterocycles. The van der Waals surface area contributed by atoms with Gasteiger partial charge in [-0.1, -0.05) is 12.1 Å². The van der Waals surface area contributed by atoms with E-state index in [1.165, 1.54) is 17.7 Å². The third-order valence-electron chi connectivity index (χ3n) is 6.38. The van der Waals surface area contributed by atoms with Crippen LogP contribution in [0.15, 0.2) is 53.1 Å². The Bertz CT molecular complexity index is 1260. The van der Waals surface area contributed by atoms with Crippen molar-refractivity contribution in [2.45, 2.75) is 37.8 Å². The molecule has 1 aromatic carbocycles. The van der Waals surface area contributed by atoms with Gasteiger partial charge in [0.2, 0.25) is 5.91 Å². The molecule has 0 unspecified atom stereocenters. The smallest absolute Gasteiger partial charge is 0.239 e. The fourth-order valence-corrected chi connectivity index (χ4v) is 5.36. The number of nitrogens with two attached hydrogens (primary N) is 1. The van der Waals surface area contributed by atoms with Gasteiger partial charge in [-0.25, -0.2) is 4.99 Å². The van der Waals surface area contributed by atoms with E-state index in [9.17, 15) is 10.1 Å². The average molecular weight is 445 g/mol. The van der Waals surface area contributed by atoms with Crippen molar-refractivity contribution < 1.29 is 4.79 Å². The highest BCUT2D eigenvalue weighted by atomic mass is 32.1. The van der Waals surface area contributed by atoms with Crippen LogP contribution in [0.5, 0.6) is 0 Å². The maximum Gasteiger partial charge on any atom is 0.239 e. The Morgan fingerprint density at radius 2 is 2.12 bits per heavy atom. The molecule has 5 rings (SSSR count). The third-order valence-corrected chi connectivity index (χ3v) is 7.54. The molecule has 1 aliphatic heterocycles. The van der Waals surface area contributed by atoms with Crippen LogP contribution < -0.4 is 5.73 Å². The minimum Gasteiger partial charge on any atom is -0.369 e. The molecular weight excluding hydrogens is 420 g/mol. The zero-order valence-electron chi connectivity index (χ0n) is 18.0. The van der Waals surface area contributed by atoms with Crippen LogP contribution in [-0.4, -0.2) is 33.6 Å². The van der Waals surface area contributed by atoms with E-state index in [1.807, 2.05) is 41.4 Å². The fourth-order valence-electron chi connectivity index (χ4n) is 4.30. The van der Waals surface area contributed by atoms with E-state index in [1.54, 1.807) is 30.6 Å². The van der Waals surface area contributed by atoms with E-state index in [0.717, 1.165) is 28.1 Å². The van der Waals surface area contributed by atoms with Gasteiger partial charge < -0.3 is 5.73 Å². The highest BCUT2D eigenvalue weighted by molar-refractivity contribution is 7.10. The third kappa shape index (κ3) is 3.49. The number of nitriles is 1. The molecule has 1 fully saturated rings. The van der Waals surface area contributed by atoms with E-state index < -0.39 is 11.5 Å². The maximum atomic E-state index is 13.4. The fraction of sp³-hybridized carbons (Fsp3) is 0.333. The van der Waals surface area contributed by atoms with Crippen LogP contribution in [0.2, 0.25) is 0 Å². The van der Waals surface area contributed by atoms with Crippen LogP contribution in [-0.2, 0) is 16.9 Å². The van der Waals surface area contributed by atoms with Crippen LogP contribution in [0, 0.1) is 17.2 Å². The number of benzene rings is 1. The molecule has 1 saturated carbocycles. The molecule has 1 aliphatic carbocycles. The summed E-state index contributed by atoms with van der Waals surface area (Å²) in [5.41, 5.74) is 8.72. The molecule has 8 heteroatoms. The first-order valence-electron chi connectivity index (χ1n) is 10.6. The quantitative estimate of drug-likeness (QED) is 0.649. The molecule has 32 heavy (non-hydrogen) atoms. The summed E-state index contributed by atoms with van der Waals surface area (Å²) >= 11 is 1.55. The number of rotatable bonds is 5. The highest BCUT2D eigenvalue weighted by Crippen LogP contribution is 2.47. The molecule has 7 nitrogen and oxygen atoms in total. The Morgan fingerprint density at radius 1 is 1.31 bits per heavy atom. The standard InChI is InChI=1S/C24H24N6OS/c1-24(20-9-18(14-32-20)17-5-3-4-16(8-17)10-25)21(22(31)29(2)23(26)28-24)19-11-27-30(13-19)12-15-6-7-15/h3-5,8-9,11,13-15,21H,6-7,12H2,1-2H3,(H2,26,28)/t21-,24-/m1/s1. The number of guanidine groups is 1. The number of thiophene rings is 1. The molecule has 0 bridgehead atoms.